The van der Waals surface area contributed by atoms with E-state index in [0.29, 0.717) is 25.8 Å². The van der Waals surface area contributed by atoms with Crippen molar-refractivity contribution >= 4 is 12.6 Å². The van der Waals surface area contributed by atoms with Gasteiger partial charge in [-0.2, -0.15) is 0 Å². The largest absolute Gasteiger partial charge is 0.347 e. The van der Waals surface area contributed by atoms with Crippen molar-refractivity contribution in [1.82, 2.24) is 0 Å². The molecule has 0 aromatic carbocycles. The van der Waals surface area contributed by atoms with E-state index in [0.717, 1.165) is 0 Å². The Morgan fingerprint density at radius 2 is 1.55 bits per heavy atom. The molecular weight excluding hydrogens is 148 g/mol. The third-order valence-corrected chi connectivity index (χ3v) is 1.60. The average Bonchev–Trinajstić information content (AvgIpc) is 2.39. The number of ether oxygens (including phenoxy) is 2. The molecule has 11 heavy (non-hydrogen) atoms. The highest BCUT2D eigenvalue weighted by atomic mass is 16.7. The number of carbonyl (C=O) groups is 2. The van der Waals surface area contributed by atoms with Crippen molar-refractivity contribution < 1.29 is 19.1 Å². The summed E-state index contributed by atoms with van der Waals surface area (Å²) in [4.78, 5) is 20.3. The Morgan fingerprint density at radius 1 is 1.09 bits per heavy atom. The summed E-state index contributed by atoms with van der Waals surface area (Å²) < 4.78 is 10.3. The molecule has 0 atom stereocenters. The van der Waals surface area contributed by atoms with Crippen molar-refractivity contribution in [3.05, 3.63) is 0 Å². The van der Waals surface area contributed by atoms with Gasteiger partial charge in [0.05, 0.1) is 26.1 Å². The first-order valence-corrected chi connectivity index (χ1v) is 3.48. The molecule has 1 aliphatic rings. The molecule has 1 rings (SSSR count). The predicted octanol–water partition coefficient (Wildman–Crippen LogP) is -0.0925. The summed E-state index contributed by atoms with van der Waals surface area (Å²) in [7, 11) is 0. The summed E-state index contributed by atoms with van der Waals surface area (Å²) >= 11 is 0. The van der Waals surface area contributed by atoms with Crippen molar-refractivity contribution in [2.45, 2.75) is 18.6 Å². The Balaban J connectivity index is 2.53. The lowest BCUT2D eigenvalue weighted by molar-refractivity contribution is -0.168. The van der Waals surface area contributed by atoms with E-state index < -0.39 is 5.79 Å². The molecule has 0 spiro atoms. The van der Waals surface area contributed by atoms with Crippen LogP contribution in [0.4, 0.5) is 0 Å². The lowest BCUT2D eigenvalue weighted by Crippen LogP contribution is -2.30. The number of carbonyl (C=O) groups excluding carboxylic acids is 2. The van der Waals surface area contributed by atoms with E-state index in [1.165, 1.54) is 0 Å². The molecule has 4 heteroatoms. The Morgan fingerprint density at radius 3 is 1.91 bits per heavy atom. The molecule has 0 saturated carbocycles. The monoisotopic (exact) mass is 158 g/mol. The van der Waals surface area contributed by atoms with E-state index in [-0.39, 0.29) is 12.8 Å². The Hall–Kier alpha value is -0.740. The first-order valence-electron chi connectivity index (χ1n) is 3.48. The SMILES string of the molecule is O=CCC1(CC=O)OCCO1. The van der Waals surface area contributed by atoms with Gasteiger partial charge in [-0.25, -0.2) is 0 Å². The number of hydrogen-bond donors (Lipinski definition) is 0. The van der Waals surface area contributed by atoms with Gasteiger partial charge in [-0.05, 0) is 0 Å². The van der Waals surface area contributed by atoms with Crippen LogP contribution in [0.25, 0.3) is 0 Å². The molecular formula is C7H10O4. The smallest absolute Gasteiger partial charge is 0.181 e. The predicted molar refractivity (Wildman–Crippen MR) is 36.0 cm³/mol. The second-order valence-electron chi connectivity index (χ2n) is 2.35. The van der Waals surface area contributed by atoms with Gasteiger partial charge in [0, 0.05) is 0 Å². The molecule has 0 aromatic heterocycles. The molecule has 0 radical (unpaired) electrons. The van der Waals surface area contributed by atoms with E-state index in [1.54, 1.807) is 0 Å². The van der Waals surface area contributed by atoms with Crippen molar-refractivity contribution in [1.29, 1.82) is 0 Å². The van der Waals surface area contributed by atoms with Crippen molar-refractivity contribution in [3.8, 4) is 0 Å². The van der Waals surface area contributed by atoms with Crippen molar-refractivity contribution in [3.63, 3.8) is 0 Å². The molecule has 0 N–H and O–H groups in total. The van der Waals surface area contributed by atoms with Crippen LogP contribution in [0.1, 0.15) is 12.8 Å². The number of hydrogen-bond acceptors (Lipinski definition) is 4. The van der Waals surface area contributed by atoms with Gasteiger partial charge in [-0.3, -0.25) is 0 Å². The van der Waals surface area contributed by atoms with E-state index in [2.05, 4.69) is 0 Å². The van der Waals surface area contributed by atoms with Gasteiger partial charge in [0.15, 0.2) is 5.79 Å². The highest BCUT2D eigenvalue weighted by Gasteiger charge is 2.35. The fourth-order valence-electron chi connectivity index (χ4n) is 1.07. The van der Waals surface area contributed by atoms with E-state index in [4.69, 9.17) is 9.47 Å². The zero-order valence-corrected chi connectivity index (χ0v) is 6.12. The standard InChI is InChI=1S/C7H10O4/c8-3-1-7(2-4-9)10-5-6-11-7/h3-4H,1-2,5-6H2. The van der Waals surface area contributed by atoms with Gasteiger partial charge in [0.2, 0.25) is 0 Å². The van der Waals surface area contributed by atoms with Crippen LogP contribution < -0.4 is 0 Å². The van der Waals surface area contributed by atoms with Crippen molar-refractivity contribution in [2.75, 3.05) is 13.2 Å². The van der Waals surface area contributed by atoms with Gasteiger partial charge in [0.1, 0.15) is 12.6 Å². The minimum atomic E-state index is -0.941. The fraction of sp³-hybridized carbons (Fsp3) is 0.714. The second kappa shape index (κ2) is 3.59. The molecule has 62 valence electrons. The van der Waals surface area contributed by atoms with Crippen LogP contribution in [0.2, 0.25) is 0 Å². The molecule has 1 fully saturated rings. The van der Waals surface area contributed by atoms with Crippen molar-refractivity contribution in [2.24, 2.45) is 0 Å². The normalized spacial score (nSPS) is 21.5. The second-order valence-corrected chi connectivity index (χ2v) is 2.35. The van der Waals surface area contributed by atoms with Gasteiger partial charge in [-0.1, -0.05) is 0 Å². The van der Waals surface area contributed by atoms with Gasteiger partial charge in [0.25, 0.3) is 0 Å². The minimum Gasteiger partial charge on any atom is -0.347 e. The van der Waals surface area contributed by atoms with Gasteiger partial charge in [-0.15, -0.1) is 0 Å². The van der Waals surface area contributed by atoms with Gasteiger partial charge < -0.3 is 19.1 Å². The zero-order chi connectivity index (χ0) is 8.16. The first kappa shape index (κ1) is 8.36. The maximum absolute atomic E-state index is 10.2. The zero-order valence-electron chi connectivity index (χ0n) is 6.12. The molecule has 4 nitrogen and oxygen atoms in total. The van der Waals surface area contributed by atoms with Crippen LogP contribution >= 0.6 is 0 Å². The number of aldehydes is 2. The van der Waals surface area contributed by atoms with Crippen LogP contribution in [-0.4, -0.2) is 31.6 Å². The maximum atomic E-state index is 10.2. The van der Waals surface area contributed by atoms with E-state index >= 15 is 0 Å². The van der Waals surface area contributed by atoms with Crippen LogP contribution in [0, 0.1) is 0 Å². The highest BCUT2D eigenvalue weighted by Crippen LogP contribution is 2.24. The summed E-state index contributed by atoms with van der Waals surface area (Å²) in [6.45, 7) is 0.920. The summed E-state index contributed by atoms with van der Waals surface area (Å²) in [5.41, 5.74) is 0. The van der Waals surface area contributed by atoms with Crippen LogP contribution in [0.5, 0.6) is 0 Å². The highest BCUT2D eigenvalue weighted by molar-refractivity contribution is 5.56. The van der Waals surface area contributed by atoms with E-state index in [9.17, 15) is 9.59 Å². The summed E-state index contributed by atoms with van der Waals surface area (Å²) in [6.07, 6.45) is 1.67. The molecule has 0 aliphatic carbocycles. The summed E-state index contributed by atoms with van der Waals surface area (Å²) in [6, 6.07) is 0. The quantitative estimate of drug-likeness (QED) is 0.536. The molecule has 0 bridgehead atoms. The summed E-state index contributed by atoms with van der Waals surface area (Å²) in [5, 5.41) is 0. The average molecular weight is 158 g/mol. The molecule has 1 heterocycles. The molecule has 0 amide bonds. The lowest BCUT2D eigenvalue weighted by Gasteiger charge is -2.21. The molecule has 1 aliphatic heterocycles. The number of rotatable bonds is 4. The molecule has 1 saturated heterocycles. The first-order chi connectivity index (χ1) is 5.33. The Kier molecular flexibility index (Phi) is 2.73. The Bertz CT molecular complexity index is 137. The van der Waals surface area contributed by atoms with E-state index in [1.807, 2.05) is 0 Å². The third-order valence-electron chi connectivity index (χ3n) is 1.60. The Labute approximate surface area is 64.5 Å². The van der Waals surface area contributed by atoms with Crippen LogP contribution in [0.3, 0.4) is 0 Å². The minimum absolute atomic E-state index is 0.131. The summed E-state index contributed by atoms with van der Waals surface area (Å²) in [5.74, 6) is -0.941. The lowest BCUT2D eigenvalue weighted by atomic mass is 10.1. The van der Waals surface area contributed by atoms with Gasteiger partial charge >= 0.3 is 0 Å². The maximum Gasteiger partial charge on any atom is 0.181 e. The molecule has 0 unspecified atom stereocenters. The van der Waals surface area contributed by atoms with Crippen LogP contribution in [0.15, 0.2) is 0 Å². The third kappa shape index (κ3) is 1.85. The fourth-order valence-corrected chi connectivity index (χ4v) is 1.07. The molecule has 0 aromatic rings. The van der Waals surface area contributed by atoms with Crippen LogP contribution in [-0.2, 0) is 19.1 Å². The topological polar surface area (TPSA) is 52.6 Å².